The van der Waals surface area contributed by atoms with Crippen LogP contribution < -0.4 is 10.2 Å². The molecular weight excluding hydrogens is 512 g/mol. The molecule has 0 atom stereocenters. The molecule has 7 nitrogen and oxygen atoms in total. The molecular formula is C28H31ClN2O5S. The van der Waals surface area contributed by atoms with Crippen LogP contribution >= 0.6 is 11.6 Å². The van der Waals surface area contributed by atoms with Gasteiger partial charge in [-0.15, -0.1) is 0 Å². The third-order valence-corrected chi connectivity index (χ3v) is 8.57. The van der Waals surface area contributed by atoms with Gasteiger partial charge in [0, 0.05) is 11.6 Å². The van der Waals surface area contributed by atoms with Crippen LogP contribution in [0.5, 0.6) is 5.75 Å². The molecule has 1 N–H and O–H groups in total. The number of nitrogens with zero attached hydrogens (tertiary/aromatic N) is 1. The summed E-state index contributed by atoms with van der Waals surface area (Å²) in [6.45, 7) is 5.47. The molecule has 4 rings (SSSR count). The number of likely N-dealkylation sites (tertiary alicyclic amines) is 1. The first-order valence-electron chi connectivity index (χ1n) is 12.3. The van der Waals surface area contributed by atoms with Gasteiger partial charge in [-0.05, 0) is 104 Å². The number of benzene rings is 3. The molecule has 3 aromatic rings. The molecule has 0 aliphatic carbocycles. The van der Waals surface area contributed by atoms with Crippen molar-refractivity contribution in [2.24, 2.45) is 0 Å². The van der Waals surface area contributed by atoms with E-state index in [4.69, 9.17) is 21.2 Å². The lowest BCUT2D eigenvalue weighted by Gasteiger charge is -2.33. The first kappa shape index (κ1) is 27.1. The lowest BCUT2D eigenvalue weighted by atomic mass is 9.87. The molecule has 3 aromatic carbocycles. The van der Waals surface area contributed by atoms with Crippen molar-refractivity contribution in [3.05, 3.63) is 88.4 Å². The van der Waals surface area contributed by atoms with Crippen LogP contribution in [0.15, 0.2) is 76.5 Å². The zero-order valence-corrected chi connectivity index (χ0v) is 22.3. The van der Waals surface area contributed by atoms with Crippen LogP contribution in [0.3, 0.4) is 0 Å². The Kier molecular flexibility index (Phi) is 9.21. The number of hydroxylamine groups is 1. The van der Waals surface area contributed by atoms with Gasteiger partial charge < -0.3 is 4.74 Å². The predicted molar refractivity (Wildman–Crippen MR) is 142 cm³/mol. The number of amides is 1. The highest BCUT2D eigenvalue weighted by molar-refractivity contribution is 7.91. The van der Waals surface area contributed by atoms with Gasteiger partial charge in [0.1, 0.15) is 5.75 Å². The summed E-state index contributed by atoms with van der Waals surface area (Å²) in [5.74, 6) is 1.26. The Bertz CT molecular complexity index is 1290. The Labute approximate surface area is 223 Å². The quantitative estimate of drug-likeness (QED) is 0.205. The van der Waals surface area contributed by atoms with E-state index in [0.29, 0.717) is 30.6 Å². The molecule has 0 bridgehead atoms. The largest absolute Gasteiger partial charge is 0.494 e. The number of piperidine rings is 1. The van der Waals surface area contributed by atoms with E-state index in [0.717, 1.165) is 49.4 Å². The first-order chi connectivity index (χ1) is 17.9. The fourth-order valence-corrected chi connectivity index (χ4v) is 6.02. The molecule has 37 heavy (non-hydrogen) atoms. The predicted octanol–water partition coefficient (Wildman–Crippen LogP) is 5.13. The number of sulfone groups is 1. The lowest BCUT2D eigenvalue weighted by molar-refractivity contribution is -0.121. The van der Waals surface area contributed by atoms with Crippen LogP contribution in [-0.2, 0) is 32.6 Å². The Balaban J connectivity index is 1.38. The number of carbonyl (C=O) groups is 1. The van der Waals surface area contributed by atoms with E-state index in [9.17, 15) is 13.2 Å². The molecule has 1 heterocycles. The van der Waals surface area contributed by atoms with Crippen LogP contribution in [0.2, 0.25) is 5.02 Å². The summed E-state index contributed by atoms with van der Waals surface area (Å²) in [6.07, 6.45) is 2.48. The summed E-state index contributed by atoms with van der Waals surface area (Å²) in [5.41, 5.74) is 5.45. The Hall–Kier alpha value is -2.91. The van der Waals surface area contributed by atoms with Crippen LogP contribution in [0.25, 0.3) is 0 Å². The number of hydrogen-bond donors (Lipinski definition) is 1. The first-order valence-corrected chi connectivity index (χ1v) is 14.2. The molecule has 196 valence electrons. The second kappa shape index (κ2) is 12.6. The van der Waals surface area contributed by atoms with E-state index in [-0.39, 0.29) is 9.79 Å². The van der Waals surface area contributed by atoms with Crippen molar-refractivity contribution in [3.8, 4) is 5.75 Å². The van der Waals surface area contributed by atoms with Gasteiger partial charge in [0.15, 0.2) is 0 Å². The van der Waals surface area contributed by atoms with Crippen molar-refractivity contribution in [2.45, 2.75) is 48.6 Å². The minimum absolute atomic E-state index is 0.230. The molecule has 1 aliphatic rings. The Morgan fingerprint density at radius 2 is 1.59 bits per heavy atom. The summed E-state index contributed by atoms with van der Waals surface area (Å²) >= 11 is 5.89. The minimum atomic E-state index is -3.58. The summed E-state index contributed by atoms with van der Waals surface area (Å²) < 4.78 is 31.7. The average Bonchev–Trinajstić information content (AvgIpc) is 2.91. The van der Waals surface area contributed by atoms with E-state index in [1.807, 2.05) is 31.2 Å². The number of halogens is 1. The highest BCUT2D eigenvalue weighted by Gasteiger charge is 2.24. The summed E-state index contributed by atoms with van der Waals surface area (Å²) in [4.78, 5) is 18.5. The molecule has 0 radical (unpaired) electrons. The topological polar surface area (TPSA) is 84.9 Å². The van der Waals surface area contributed by atoms with Gasteiger partial charge in [0.2, 0.25) is 16.2 Å². The highest BCUT2D eigenvalue weighted by Crippen LogP contribution is 2.35. The van der Waals surface area contributed by atoms with Gasteiger partial charge >= 0.3 is 0 Å². The van der Waals surface area contributed by atoms with E-state index < -0.39 is 9.84 Å². The van der Waals surface area contributed by atoms with E-state index in [2.05, 4.69) is 16.4 Å². The van der Waals surface area contributed by atoms with Crippen molar-refractivity contribution in [2.75, 3.05) is 19.7 Å². The monoisotopic (exact) mass is 542 g/mol. The van der Waals surface area contributed by atoms with Gasteiger partial charge in [0.05, 0.1) is 23.0 Å². The van der Waals surface area contributed by atoms with Crippen molar-refractivity contribution in [3.63, 3.8) is 0 Å². The fourth-order valence-electron chi connectivity index (χ4n) is 4.64. The highest BCUT2D eigenvalue weighted by atomic mass is 35.5. The second-order valence-electron chi connectivity index (χ2n) is 8.98. The Morgan fingerprint density at radius 1 is 0.973 bits per heavy atom. The maximum atomic E-state index is 12.9. The van der Waals surface area contributed by atoms with Crippen LogP contribution in [-0.4, -0.2) is 39.4 Å². The molecule has 1 saturated heterocycles. The number of carbonyl (C=O) groups excluding carboxylic acids is 1. The summed E-state index contributed by atoms with van der Waals surface area (Å²) in [6, 6.07) is 19.4. The van der Waals surface area contributed by atoms with E-state index >= 15 is 0 Å². The smallest absolute Gasteiger partial charge is 0.230 e. The average molecular weight is 543 g/mol. The van der Waals surface area contributed by atoms with Crippen molar-refractivity contribution in [1.29, 1.82) is 0 Å². The number of hydrogen-bond acceptors (Lipinski definition) is 6. The number of nitrogens with one attached hydrogen (secondary N) is 1. The maximum Gasteiger partial charge on any atom is 0.230 e. The number of rotatable bonds is 11. The SMILES string of the molecule is CCOc1ccc(CONC=O)cc1C1CCN(Cc2ccc(S(=O)(=O)c3ccc(Cl)cc3)cc2)CC1. The van der Waals surface area contributed by atoms with Crippen molar-refractivity contribution >= 4 is 27.8 Å². The lowest BCUT2D eigenvalue weighted by Crippen LogP contribution is -2.32. The summed E-state index contributed by atoms with van der Waals surface area (Å²) in [5, 5.41) is 0.501. The zero-order valence-electron chi connectivity index (χ0n) is 20.7. The van der Waals surface area contributed by atoms with Gasteiger partial charge in [0.25, 0.3) is 0 Å². The molecule has 0 unspecified atom stereocenters. The molecule has 0 spiro atoms. The molecule has 9 heteroatoms. The van der Waals surface area contributed by atoms with E-state index in [1.165, 1.54) is 17.7 Å². The van der Waals surface area contributed by atoms with Gasteiger partial charge in [-0.2, -0.15) is 0 Å². The Morgan fingerprint density at radius 3 is 2.22 bits per heavy atom. The zero-order chi connectivity index (χ0) is 26.3. The third kappa shape index (κ3) is 6.90. The normalized spacial score (nSPS) is 14.9. The third-order valence-electron chi connectivity index (χ3n) is 6.54. The summed E-state index contributed by atoms with van der Waals surface area (Å²) in [7, 11) is -3.58. The van der Waals surface area contributed by atoms with Crippen LogP contribution in [0.4, 0.5) is 0 Å². The van der Waals surface area contributed by atoms with Gasteiger partial charge in [-0.25, -0.2) is 13.9 Å². The number of ether oxygens (including phenoxy) is 1. The molecule has 0 aromatic heterocycles. The molecule has 1 fully saturated rings. The fraction of sp³-hybridized carbons (Fsp3) is 0.321. The molecule has 1 amide bonds. The minimum Gasteiger partial charge on any atom is -0.494 e. The maximum absolute atomic E-state index is 12.9. The van der Waals surface area contributed by atoms with Gasteiger partial charge in [-0.3, -0.25) is 14.5 Å². The van der Waals surface area contributed by atoms with Crippen LogP contribution in [0.1, 0.15) is 42.4 Å². The molecule has 0 saturated carbocycles. The van der Waals surface area contributed by atoms with Crippen molar-refractivity contribution < 1.29 is 22.8 Å². The van der Waals surface area contributed by atoms with E-state index in [1.54, 1.807) is 24.3 Å². The standard InChI is InChI=1S/C28H31ClN2O5S/c1-2-35-28-12-5-22(19-36-30-20-32)17-27(28)23-13-15-31(16-14-23)18-21-3-8-25(9-4-21)37(33,34)26-10-6-24(29)7-11-26/h3-12,17,20,23H,2,13-16,18-19H2,1H3,(H,30,32). The molecule has 1 aliphatic heterocycles. The van der Waals surface area contributed by atoms with Crippen LogP contribution in [0, 0.1) is 0 Å². The van der Waals surface area contributed by atoms with Gasteiger partial charge in [-0.1, -0.05) is 29.8 Å². The van der Waals surface area contributed by atoms with Crippen molar-refractivity contribution in [1.82, 2.24) is 10.4 Å². The second-order valence-corrected chi connectivity index (χ2v) is 11.4.